The Morgan fingerprint density at radius 2 is 1.73 bits per heavy atom. The maximum absolute atomic E-state index is 12.6. The Balaban J connectivity index is 1.39. The molecule has 0 unspecified atom stereocenters. The Kier molecular flexibility index (Phi) is 4.57. The molecular weight excluding hydrogens is 322 g/mol. The fourth-order valence-electron chi connectivity index (χ4n) is 3.65. The second-order valence-corrected chi connectivity index (χ2v) is 7.09. The second-order valence-electron chi connectivity index (χ2n) is 7.09. The molecular formula is C22H23N3O. The van der Waals surface area contributed by atoms with E-state index in [1.165, 1.54) is 17.5 Å². The number of nitrogens with one attached hydrogen (secondary N) is 1. The van der Waals surface area contributed by atoms with Gasteiger partial charge in [0.25, 0.3) is 5.91 Å². The van der Waals surface area contributed by atoms with Gasteiger partial charge in [-0.1, -0.05) is 67.1 Å². The average molecular weight is 345 g/mol. The van der Waals surface area contributed by atoms with Crippen molar-refractivity contribution in [3.05, 3.63) is 89.7 Å². The van der Waals surface area contributed by atoms with Gasteiger partial charge in [-0.15, -0.1) is 0 Å². The largest absolute Gasteiger partial charge is 0.351 e. The minimum Gasteiger partial charge on any atom is -0.351 e. The molecule has 1 fully saturated rings. The zero-order valence-corrected chi connectivity index (χ0v) is 14.8. The van der Waals surface area contributed by atoms with E-state index in [0.717, 1.165) is 12.8 Å². The molecule has 1 saturated carbocycles. The molecule has 4 nitrogen and oxygen atoms in total. The van der Waals surface area contributed by atoms with E-state index in [1.807, 2.05) is 30.5 Å². The Morgan fingerprint density at radius 3 is 2.38 bits per heavy atom. The Bertz CT molecular complexity index is 867. The van der Waals surface area contributed by atoms with Crippen LogP contribution in [0.2, 0.25) is 0 Å². The summed E-state index contributed by atoms with van der Waals surface area (Å²) in [5.41, 5.74) is 3.20. The van der Waals surface area contributed by atoms with E-state index in [0.29, 0.717) is 18.7 Å². The average Bonchev–Trinajstić information content (AvgIpc) is 3.11. The first-order valence-corrected chi connectivity index (χ1v) is 9.15. The van der Waals surface area contributed by atoms with Crippen LogP contribution in [0.25, 0.3) is 0 Å². The van der Waals surface area contributed by atoms with Gasteiger partial charge in [-0.05, 0) is 24.0 Å². The highest BCUT2D eigenvalue weighted by molar-refractivity contribution is 5.93. The predicted molar refractivity (Wildman–Crippen MR) is 102 cm³/mol. The molecule has 2 aromatic carbocycles. The molecule has 0 saturated heterocycles. The highest BCUT2D eigenvalue weighted by atomic mass is 16.1. The molecule has 4 heteroatoms. The van der Waals surface area contributed by atoms with Crippen molar-refractivity contribution in [3.63, 3.8) is 0 Å². The summed E-state index contributed by atoms with van der Waals surface area (Å²) in [6, 6.07) is 20.7. The van der Waals surface area contributed by atoms with Gasteiger partial charge in [0.2, 0.25) is 0 Å². The van der Waals surface area contributed by atoms with Gasteiger partial charge in [0, 0.05) is 18.2 Å². The molecule has 0 atom stereocenters. The highest BCUT2D eigenvalue weighted by Crippen LogP contribution is 2.43. The van der Waals surface area contributed by atoms with Crippen molar-refractivity contribution in [2.24, 2.45) is 0 Å². The van der Waals surface area contributed by atoms with Gasteiger partial charge in [0.05, 0.1) is 18.3 Å². The van der Waals surface area contributed by atoms with E-state index in [2.05, 4.69) is 46.8 Å². The third-order valence-electron chi connectivity index (χ3n) is 5.37. The summed E-state index contributed by atoms with van der Waals surface area (Å²) in [6.45, 7) is 1.35. The van der Waals surface area contributed by atoms with Crippen LogP contribution in [0.5, 0.6) is 0 Å². The van der Waals surface area contributed by atoms with Crippen LogP contribution >= 0.6 is 0 Å². The molecule has 1 amide bonds. The summed E-state index contributed by atoms with van der Waals surface area (Å²) in [6.07, 6.45) is 6.95. The SMILES string of the molecule is O=C(NCC1(c2ccccc2)CCC1)c1cnn(Cc2ccccc2)c1. The number of benzene rings is 2. The van der Waals surface area contributed by atoms with E-state index in [-0.39, 0.29) is 11.3 Å². The molecule has 1 heterocycles. The number of aromatic nitrogens is 2. The number of hydrogen-bond donors (Lipinski definition) is 1. The maximum Gasteiger partial charge on any atom is 0.254 e. The summed E-state index contributed by atoms with van der Waals surface area (Å²) >= 11 is 0. The summed E-state index contributed by atoms with van der Waals surface area (Å²) in [5.74, 6) is -0.0495. The molecule has 1 aromatic heterocycles. The van der Waals surface area contributed by atoms with Crippen molar-refractivity contribution in [2.75, 3.05) is 6.54 Å². The van der Waals surface area contributed by atoms with Gasteiger partial charge < -0.3 is 5.32 Å². The van der Waals surface area contributed by atoms with Crippen LogP contribution in [0.1, 0.15) is 40.7 Å². The lowest BCUT2D eigenvalue weighted by Gasteiger charge is -2.42. The van der Waals surface area contributed by atoms with Crippen molar-refractivity contribution in [1.82, 2.24) is 15.1 Å². The van der Waals surface area contributed by atoms with Crippen LogP contribution < -0.4 is 5.32 Å². The molecule has 4 rings (SSSR count). The van der Waals surface area contributed by atoms with E-state index < -0.39 is 0 Å². The van der Waals surface area contributed by atoms with Crippen molar-refractivity contribution in [3.8, 4) is 0 Å². The monoisotopic (exact) mass is 345 g/mol. The number of hydrogen-bond acceptors (Lipinski definition) is 2. The van der Waals surface area contributed by atoms with Crippen molar-refractivity contribution >= 4 is 5.91 Å². The zero-order valence-electron chi connectivity index (χ0n) is 14.8. The first kappa shape index (κ1) is 16.6. The molecule has 1 aliphatic carbocycles. The Hall–Kier alpha value is -2.88. The maximum atomic E-state index is 12.6. The van der Waals surface area contributed by atoms with Crippen LogP contribution in [0.4, 0.5) is 0 Å². The van der Waals surface area contributed by atoms with E-state index in [4.69, 9.17) is 0 Å². The van der Waals surface area contributed by atoms with Crippen molar-refractivity contribution < 1.29 is 4.79 Å². The minimum atomic E-state index is -0.0495. The third-order valence-corrected chi connectivity index (χ3v) is 5.37. The Morgan fingerprint density at radius 1 is 1.04 bits per heavy atom. The topological polar surface area (TPSA) is 46.9 Å². The van der Waals surface area contributed by atoms with E-state index in [9.17, 15) is 4.79 Å². The number of nitrogens with zero attached hydrogens (tertiary/aromatic N) is 2. The van der Waals surface area contributed by atoms with Crippen LogP contribution in [0, 0.1) is 0 Å². The van der Waals surface area contributed by atoms with Crippen LogP contribution in [-0.4, -0.2) is 22.2 Å². The zero-order chi connectivity index (χ0) is 17.8. The minimum absolute atomic E-state index is 0.0495. The summed E-state index contributed by atoms with van der Waals surface area (Å²) < 4.78 is 1.81. The lowest BCUT2D eigenvalue weighted by atomic mass is 9.64. The fraction of sp³-hybridized carbons (Fsp3) is 0.273. The molecule has 0 aliphatic heterocycles. The molecule has 0 radical (unpaired) electrons. The first-order valence-electron chi connectivity index (χ1n) is 9.15. The standard InChI is InChI=1S/C22H23N3O/c26-21(19-14-24-25(16-19)15-18-8-3-1-4-9-18)23-17-22(12-7-13-22)20-10-5-2-6-11-20/h1-6,8-11,14,16H,7,12-13,15,17H2,(H,23,26). The van der Waals surface area contributed by atoms with Gasteiger partial charge in [-0.25, -0.2) is 0 Å². The van der Waals surface area contributed by atoms with E-state index in [1.54, 1.807) is 10.9 Å². The van der Waals surface area contributed by atoms with Crippen LogP contribution in [0.15, 0.2) is 73.1 Å². The van der Waals surface area contributed by atoms with Gasteiger partial charge in [0.1, 0.15) is 0 Å². The quantitative estimate of drug-likeness (QED) is 0.739. The van der Waals surface area contributed by atoms with Crippen molar-refractivity contribution in [1.29, 1.82) is 0 Å². The smallest absolute Gasteiger partial charge is 0.254 e. The summed E-state index contributed by atoms with van der Waals surface area (Å²) in [7, 11) is 0. The molecule has 26 heavy (non-hydrogen) atoms. The van der Waals surface area contributed by atoms with Gasteiger partial charge in [-0.2, -0.15) is 5.10 Å². The molecule has 0 bridgehead atoms. The first-order chi connectivity index (χ1) is 12.8. The van der Waals surface area contributed by atoms with Crippen LogP contribution in [-0.2, 0) is 12.0 Å². The molecule has 0 spiro atoms. The third kappa shape index (κ3) is 3.40. The molecule has 132 valence electrons. The van der Waals surface area contributed by atoms with Gasteiger partial charge in [0.15, 0.2) is 0 Å². The predicted octanol–water partition coefficient (Wildman–Crippen LogP) is 3.78. The van der Waals surface area contributed by atoms with Crippen molar-refractivity contribution in [2.45, 2.75) is 31.2 Å². The fourth-order valence-corrected chi connectivity index (χ4v) is 3.65. The summed E-state index contributed by atoms with van der Waals surface area (Å²) in [4.78, 5) is 12.6. The lowest BCUT2D eigenvalue weighted by molar-refractivity contribution is 0.0928. The molecule has 3 aromatic rings. The second kappa shape index (κ2) is 7.16. The molecule has 1 aliphatic rings. The van der Waals surface area contributed by atoms with Crippen LogP contribution in [0.3, 0.4) is 0 Å². The number of carbonyl (C=O) groups excluding carboxylic acids is 1. The number of rotatable bonds is 6. The normalized spacial score (nSPS) is 15.2. The number of carbonyl (C=O) groups is 1. The van der Waals surface area contributed by atoms with Gasteiger partial charge in [-0.3, -0.25) is 9.48 Å². The van der Waals surface area contributed by atoms with Gasteiger partial charge >= 0.3 is 0 Å². The Labute approximate surface area is 153 Å². The highest BCUT2D eigenvalue weighted by Gasteiger charge is 2.38. The summed E-state index contributed by atoms with van der Waals surface area (Å²) in [5, 5.41) is 7.45. The molecule has 1 N–H and O–H groups in total. The lowest BCUT2D eigenvalue weighted by Crippen LogP contribution is -2.45. The number of amides is 1. The van der Waals surface area contributed by atoms with E-state index >= 15 is 0 Å².